The zero-order chi connectivity index (χ0) is 41.3. The SMILES string of the molecule is CO[C@H]1O[C@@H]2COC(c3ccccc3)O[C@H]2[C@H](OC2O[C@@H]3COC(c4ccccc4)O[C@H]3[C@H](OCOCCS(C)(=O)=O)[C@@H]2OCc2ccccc2)[C@@H]1OCc1ccccc1. The van der Waals surface area contributed by atoms with Crippen molar-refractivity contribution in [2.24, 2.45) is 0 Å². The van der Waals surface area contributed by atoms with Crippen LogP contribution in [-0.4, -0.2) is 116 Å². The average molecular weight is 849 g/mol. The highest BCUT2D eigenvalue weighted by atomic mass is 32.2. The van der Waals surface area contributed by atoms with Gasteiger partial charge in [0.15, 0.2) is 25.2 Å². The second-order valence-electron chi connectivity index (χ2n) is 15.1. The lowest BCUT2D eigenvalue weighted by molar-refractivity contribution is -0.412. The minimum Gasteiger partial charge on any atom is -0.365 e. The molecule has 322 valence electrons. The number of hydrogen-bond donors (Lipinski definition) is 0. The van der Waals surface area contributed by atoms with Crippen LogP contribution in [0.2, 0.25) is 0 Å². The van der Waals surface area contributed by atoms with Gasteiger partial charge in [-0.3, -0.25) is 0 Å². The fourth-order valence-corrected chi connectivity index (χ4v) is 8.15. The number of hydrogen-bond acceptors (Lipinski definition) is 14. The van der Waals surface area contributed by atoms with E-state index in [1.165, 1.54) is 0 Å². The van der Waals surface area contributed by atoms with Crippen LogP contribution in [0.25, 0.3) is 0 Å². The van der Waals surface area contributed by atoms with E-state index in [1.807, 2.05) is 121 Å². The van der Waals surface area contributed by atoms with Crippen molar-refractivity contribution in [1.29, 1.82) is 0 Å². The Morgan fingerprint density at radius 3 is 1.53 bits per heavy atom. The van der Waals surface area contributed by atoms with Crippen LogP contribution in [0.3, 0.4) is 0 Å². The van der Waals surface area contributed by atoms with Crippen LogP contribution in [0.15, 0.2) is 121 Å². The van der Waals surface area contributed by atoms with Gasteiger partial charge >= 0.3 is 0 Å². The van der Waals surface area contributed by atoms with E-state index in [9.17, 15) is 8.42 Å². The predicted octanol–water partition coefficient (Wildman–Crippen LogP) is 5.27. The molecule has 4 heterocycles. The van der Waals surface area contributed by atoms with E-state index >= 15 is 0 Å². The molecule has 0 amide bonds. The smallest absolute Gasteiger partial charge is 0.187 e. The maximum absolute atomic E-state index is 11.9. The third-order valence-corrected chi connectivity index (χ3v) is 11.7. The third kappa shape index (κ3) is 10.9. The molecule has 0 N–H and O–H groups in total. The van der Waals surface area contributed by atoms with Crippen molar-refractivity contribution in [2.45, 2.75) is 87.2 Å². The molecule has 4 saturated heterocycles. The number of methoxy groups -OCH3 is 1. The van der Waals surface area contributed by atoms with E-state index in [1.54, 1.807) is 7.11 Å². The minimum atomic E-state index is -3.27. The third-order valence-electron chi connectivity index (χ3n) is 10.7. The molecule has 4 fully saturated rings. The summed E-state index contributed by atoms with van der Waals surface area (Å²) in [6.07, 6.45) is -8.43. The number of benzene rings is 4. The van der Waals surface area contributed by atoms with Gasteiger partial charge in [-0.05, 0) is 11.1 Å². The van der Waals surface area contributed by atoms with Crippen molar-refractivity contribution in [3.05, 3.63) is 144 Å². The first-order chi connectivity index (χ1) is 29.3. The fraction of sp³-hybridized carbons (Fsp3) is 0.467. The summed E-state index contributed by atoms with van der Waals surface area (Å²) in [5, 5.41) is 0. The second kappa shape index (κ2) is 20.5. The molecular weight excluding hydrogens is 797 g/mol. The Balaban J connectivity index is 1.13. The van der Waals surface area contributed by atoms with Gasteiger partial charge in [-0.25, -0.2) is 8.42 Å². The molecule has 0 aliphatic carbocycles. The van der Waals surface area contributed by atoms with Crippen LogP contribution >= 0.6 is 0 Å². The van der Waals surface area contributed by atoms with Gasteiger partial charge in [0.2, 0.25) is 0 Å². The Labute approximate surface area is 350 Å². The molecule has 4 aromatic carbocycles. The largest absolute Gasteiger partial charge is 0.365 e. The standard InChI is InChI=1S/C45H52O14S/c1-48-44-41(51-26-31-17-9-4-10-18-31)39(37-35(55-44)28-53-43(58-37)33-21-13-6-14-22-33)59-45-40(50-25-30-15-7-3-8-16-30)38(54-29-49-23-24-60(2,46)47)36-34(56-45)27-52-42(57-36)32-19-11-5-12-20-32/h3-22,34-45H,23-29H2,1-2H3/t34-,35-,36-,37-,38+,39+,40+,41+,42?,43?,44+,45?/m1/s1. The maximum Gasteiger partial charge on any atom is 0.187 e. The summed E-state index contributed by atoms with van der Waals surface area (Å²) in [5.74, 6) is -0.165. The summed E-state index contributed by atoms with van der Waals surface area (Å²) in [4.78, 5) is 0. The lowest BCUT2D eigenvalue weighted by Crippen LogP contribution is -2.68. The molecule has 60 heavy (non-hydrogen) atoms. The van der Waals surface area contributed by atoms with Crippen LogP contribution in [-0.2, 0) is 79.9 Å². The van der Waals surface area contributed by atoms with Crippen LogP contribution in [0, 0.1) is 0 Å². The topological polar surface area (TPSA) is 145 Å². The first-order valence-electron chi connectivity index (χ1n) is 20.1. The Kier molecular flexibility index (Phi) is 14.7. The summed E-state index contributed by atoms with van der Waals surface area (Å²) in [6, 6.07) is 38.8. The highest BCUT2D eigenvalue weighted by Gasteiger charge is 2.57. The highest BCUT2D eigenvalue weighted by molar-refractivity contribution is 7.90. The zero-order valence-electron chi connectivity index (χ0n) is 33.5. The molecule has 8 rings (SSSR count). The number of rotatable bonds is 17. The second-order valence-corrected chi connectivity index (χ2v) is 17.3. The Hall–Kier alpha value is -3.65. The van der Waals surface area contributed by atoms with Gasteiger partial charge in [-0.1, -0.05) is 121 Å². The molecule has 15 heteroatoms. The van der Waals surface area contributed by atoms with Crippen LogP contribution in [0.4, 0.5) is 0 Å². The first-order valence-corrected chi connectivity index (χ1v) is 22.2. The van der Waals surface area contributed by atoms with E-state index < -0.39 is 83.8 Å². The van der Waals surface area contributed by atoms with Gasteiger partial charge in [-0.15, -0.1) is 0 Å². The van der Waals surface area contributed by atoms with Crippen molar-refractivity contribution in [1.82, 2.24) is 0 Å². The molecule has 4 aliphatic heterocycles. The monoisotopic (exact) mass is 848 g/mol. The van der Waals surface area contributed by atoms with Crippen LogP contribution < -0.4 is 0 Å². The molecule has 14 nitrogen and oxygen atoms in total. The van der Waals surface area contributed by atoms with Crippen LogP contribution in [0.1, 0.15) is 34.8 Å². The Morgan fingerprint density at radius 1 is 0.567 bits per heavy atom. The molecule has 0 saturated carbocycles. The first kappa shape index (κ1) is 43.0. The van der Waals surface area contributed by atoms with Crippen LogP contribution in [0.5, 0.6) is 0 Å². The lowest BCUT2D eigenvalue weighted by Gasteiger charge is -2.52. The Morgan fingerprint density at radius 2 is 1.03 bits per heavy atom. The molecule has 3 unspecified atom stereocenters. The summed E-state index contributed by atoms with van der Waals surface area (Å²) in [5.41, 5.74) is 3.50. The molecule has 12 atom stereocenters. The van der Waals surface area contributed by atoms with Gasteiger partial charge in [-0.2, -0.15) is 0 Å². The van der Waals surface area contributed by atoms with E-state index in [4.69, 9.17) is 56.8 Å². The van der Waals surface area contributed by atoms with Crippen molar-refractivity contribution in [3.8, 4) is 0 Å². The number of fused-ring (bicyclic) bond motifs is 2. The van der Waals surface area contributed by atoms with Gasteiger partial charge in [0.1, 0.15) is 65.5 Å². The van der Waals surface area contributed by atoms with Gasteiger partial charge in [0, 0.05) is 24.5 Å². The average Bonchev–Trinajstić information content (AvgIpc) is 3.28. The maximum atomic E-state index is 11.9. The lowest BCUT2D eigenvalue weighted by atomic mass is 9.95. The van der Waals surface area contributed by atoms with Crippen molar-refractivity contribution in [2.75, 3.05) is 45.7 Å². The summed E-state index contributed by atoms with van der Waals surface area (Å²) >= 11 is 0. The summed E-state index contributed by atoms with van der Waals surface area (Å²) in [6.45, 7) is 0.422. The number of ether oxygens (including phenoxy) is 12. The molecule has 0 spiro atoms. The summed E-state index contributed by atoms with van der Waals surface area (Å²) < 4.78 is 102. The van der Waals surface area contributed by atoms with Crippen molar-refractivity contribution in [3.63, 3.8) is 0 Å². The van der Waals surface area contributed by atoms with E-state index in [-0.39, 0.29) is 45.6 Å². The minimum absolute atomic E-state index is 0.0613. The Bertz CT molecular complexity index is 1990. The summed E-state index contributed by atoms with van der Waals surface area (Å²) in [7, 11) is -1.71. The fourth-order valence-electron chi connectivity index (χ4n) is 7.73. The van der Waals surface area contributed by atoms with Crippen molar-refractivity contribution >= 4 is 9.84 Å². The van der Waals surface area contributed by atoms with E-state index in [0.717, 1.165) is 28.5 Å². The predicted molar refractivity (Wildman–Crippen MR) is 215 cm³/mol. The van der Waals surface area contributed by atoms with Gasteiger partial charge < -0.3 is 56.8 Å². The molecular formula is C45H52O14S. The normalized spacial score (nSPS) is 31.8. The molecule has 4 aromatic rings. The zero-order valence-corrected chi connectivity index (χ0v) is 34.4. The van der Waals surface area contributed by atoms with E-state index in [0.29, 0.717) is 0 Å². The number of sulfone groups is 1. The quantitative estimate of drug-likeness (QED) is 0.101. The van der Waals surface area contributed by atoms with E-state index in [2.05, 4.69) is 0 Å². The molecule has 0 bridgehead atoms. The van der Waals surface area contributed by atoms with Gasteiger partial charge in [0.05, 0.1) is 38.8 Å². The molecule has 4 aliphatic rings. The van der Waals surface area contributed by atoms with Crippen molar-refractivity contribution < 1.29 is 65.3 Å². The molecule has 0 radical (unpaired) electrons. The highest BCUT2D eigenvalue weighted by Crippen LogP contribution is 2.41. The van der Waals surface area contributed by atoms with Gasteiger partial charge in [0.25, 0.3) is 0 Å². The molecule has 0 aromatic heterocycles.